The molecule has 13 heteroatoms. The van der Waals surface area contributed by atoms with Crippen molar-refractivity contribution < 1.29 is 32.9 Å². The van der Waals surface area contributed by atoms with E-state index in [1.165, 1.54) is 48.5 Å². The molecule has 3 aromatic carbocycles. The Kier molecular flexibility index (Phi) is 8.20. The normalized spacial score (nSPS) is 11.0. The molecule has 0 saturated heterocycles. The van der Waals surface area contributed by atoms with Crippen LogP contribution < -0.4 is 25.7 Å². The Hall–Kier alpha value is -6.24. The van der Waals surface area contributed by atoms with Gasteiger partial charge >= 0.3 is 0 Å². The zero-order chi connectivity index (χ0) is 31.4. The molecule has 2 heterocycles. The number of phenols is 1. The third-order valence-electron chi connectivity index (χ3n) is 6.10. The number of phenolic OH excluding ortho intramolecular Hbond substituents is 1. The number of nitrogen functional groups attached to an aromatic ring is 1. The molecule has 0 atom stereocenters. The highest BCUT2D eigenvalue weighted by Gasteiger charge is 2.27. The van der Waals surface area contributed by atoms with Gasteiger partial charge in [0.25, 0.3) is 11.8 Å². The van der Waals surface area contributed by atoms with Gasteiger partial charge in [0.1, 0.15) is 23.2 Å². The molecule has 11 nitrogen and oxygen atoms in total. The first-order valence-corrected chi connectivity index (χ1v) is 12.8. The molecule has 5 rings (SSSR count). The molecule has 0 radical (unpaired) electrons. The van der Waals surface area contributed by atoms with E-state index < -0.39 is 40.8 Å². The van der Waals surface area contributed by atoms with Gasteiger partial charge < -0.3 is 35.4 Å². The maximum absolute atomic E-state index is 15.9. The van der Waals surface area contributed by atoms with Gasteiger partial charge in [-0.2, -0.15) is 13.8 Å². The van der Waals surface area contributed by atoms with Crippen LogP contribution >= 0.6 is 0 Å². The lowest BCUT2D eigenvalue weighted by Crippen LogP contribution is -2.11. The third kappa shape index (κ3) is 6.46. The van der Waals surface area contributed by atoms with E-state index in [4.69, 9.17) is 31.1 Å². The summed E-state index contributed by atoms with van der Waals surface area (Å²) in [4.78, 5) is 19.3. The maximum atomic E-state index is 15.9. The minimum Gasteiger partial charge on any atom is -0.504 e. The highest BCUT2D eigenvalue weighted by molar-refractivity contribution is 5.95. The van der Waals surface area contributed by atoms with Crippen LogP contribution in [-0.4, -0.2) is 31.4 Å². The van der Waals surface area contributed by atoms with E-state index in [9.17, 15) is 9.90 Å². The highest BCUT2D eigenvalue weighted by atomic mass is 19.1. The molecule has 0 fully saturated rings. The smallest absolute Gasteiger partial charge is 0.263 e. The Labute approximate surface area is 249 Å². The molecule has 0 bridgehead atoms. The number of carbonyl (C=O) groups is 1. The molecule has 1 amide bonds. The van der Waals surface area contributed by atoms with Gasteiger partial charge in [-0.25, -0.2) is 4.98 Å². The minimum atomic E-state index is -1.36. The molecule has 0 aliphatic carbocycles. The summed E-state index contributed by atoms with van der Waals surface area (Å²) in [5.74, 6) is -6.12. The van der Waals surface area contributed by atoms with E-state index in [-0.39, 0.29) is 28.6 Å². The van der Waals surface area contributed by atoms with Gasteiger partial charge in [0.15, 0.2) is 11.5 Å². The Balaban J connectivity index is 1.58. The van der Waals surface area contributed by atoms with E-state index in [2.05, 4.69) is 9.97 Å². The van der Waals surface area contributed by atoms with Crippen molar-refractivity contribution in [3.05, 3.63) is 108 Å². The number of nitrogens with one attached hydrogen (secondary N) is 1. The van der Waals surface area contributed by atoms with Crippen LogP contribution in [-0.2, 0) is 11.8 Å². The van der Waals surface area contributed by atoms with Gasteiger partial charge in [0, 0.05) is 36.6 Å². The summed E-state index contributed by atoms with van der Waals surface area (Å²) in [6.45, 7) is 0. The molecule has 222 valence electrons. The molecule has 0 spiro atoms. The van der Waals surface area contributed by atoms with E-state index in [1.807, 2.05) is 0 Å². The van der Waals surface area contributed by atoms with Crippen molar-refractivity contribution in [1.29, 1.82) is 5.41 Å². The van der Waals surface area contributed by atoms with Gasteiger partial charge in [0.2, 0.25) is 23.3 Å². The SMILES string of the molecule is Cn1ccnc1-c1cccc(Oc2nc(Oc3cc(C(=N)N)ccc3O)c(F)c(Oc3cccc(C=CC(N)=O)c3)c2F)c1. The Morgan fingerprint density at radius 2 is 1.66 bits per heavy atom. The van der Waals surface area contributed by atoms with Crippen LogP contribution in [0.15, 0.2) is 85.2 Å². The van der Waals surface area contributed by atoms with Gasteiger partial charge in [-0.3, -0.25) is 10.2 Å². The topological polar surface area (TPSA) is 172 Å². The molecular formula is C31H24F2N6O5. The summed E-state index contributed by atoms with van der Waals surface area (Å²) < 4.78 is 50.4. The number of ether oxygens (including phenoxy) is 3. The molecule has 5 aromatic rings. The summed E-state index contributed by atoms with van der Waals surface area (Å²) in [6.07, 6.45) is 5.89. The standard InChI is InChI=1S/C31H24F2N6O5/c1-39-13-12-37-29(39)19-5-3-7-21(15-19)43-30-25(32)27(42-20-6-2-4-17(14-20)8-11-24(34)41)26(33)31(38-30)44-23-16-18(28(35)36)9-10-22(23)40/h2-16,40H,1H3,(H2,34,41)(H3,35,36). The number of pyridine rings is 1. The summed E-state index contributed by atoms with van der Waals surface area (Å²) in [7, 11) is 1.81. The number of hydrogen-bond donors (Lipinski definition) is 4. The van der Waals surface area contributed by atoms with Crippen molar-refractivity contribution in [2.24, 2.45) is 18.5 Å². The molecule has 0 aliphatic heterocycles. The Bertz CT molecular complexity index is 1920. The van der Waals surface area contributed by atoms with E-state index >= 15 is 8.78 Å². The number of amides is 1. The zero-order valence-corrected chi connectivity index (χ0v) is 23.0. The van der Waals surface area contributed by atoms with Crippen LogP contribution in [0.4, 0.5) is 8.78 Å². The number of amidine groups is 1. The van der Waals surface area contributed by atoms with Crippen molar-refractivity contribution in [2.45, 2.75) is 0 Å². The van der Waals surface area contributed by atoms with Crippen LogP contribution in [0.2, 0.25) is 0 Å². The van der Waals surface area contributed by atoms with E-state index in [0.717, 1.165) is 6.08 Å². The average Bonchev–Trinajstić information content (AvgIpc) is 3.43. The van der Waals surface area contributed by atoms with E-state index in [0.29, 0.717) is 17.0 Å². The lowest BCUT2D eigenvalue weighted by atomic mass is 10.2. The van der Waals surface area contributed by atoms with Crippen LogP contribution in [0.3, 0.4) is 0 Å². The molecule has 0 aliphatic rings. The fourth-order valence-electron chi connectivity index (χ4n) is 4.01. The van der Waals surface area contributed by atoms with Crippen molar-refractivity contribution in [3.8, 4) is 51.9 Å². The summed E-state index contributed by atoms with van der Waals surface area (Å²) >= 11 is 0. The second-order valence-corrected chi connectivity index (χ2v) is 9.28. The summed E-state index contributed by atoms with van der Waals surface area (Å²) in [6, 6.07) is 16.3. The fourth-order valence-corrected chi connectivity index (χ4v) is 4.01. The van der Waals surface area contributed by atoms with Gasteiger partial charge in [0.05, 0.1) is 0 Å². The number of benzene rings is 3. The van der Waals surface area contributed by atoms with Gasteiger partial charge in [-0.05, 0) is 54.1 Å². The number of carbonyl (C=O) groups excluding carboxylic acids is 1. The average molecular weight is 599 g/mol. The maximum Gasteiger partial charge on any atom is 0.263 e. The summed E-state index contributed by atoms with van der Waals surface area (Å²) in [5.41, 5.74) is 12.0. The number of aromatic hydroxyl groups is 1. The molecule has 44 heavy (non-hydrogen) atoms. The Morgan fingerprint density at radius 1 is 0.955 bits per heavy atom. The number of aryl methyl sites for hydroxylation is 1. The number of imidazole rings is 1. The number of nitrogens with zero attached hydrogens (tertiary/aromatic N) is 3. The third-order valence-corrected chi connectivity index (χ3v) is 6.10. The highest BCUT2D eigenvalue weighted by Crippen LogP contribution is 2.41. The largest absolute Gasteiger partial charge is 0.504 e. The minimum absolute atomic E-state index is 0.00396. The van der Waals surface area contributed by atoms with Gasteiger partial charge in [-0.1, -0.05) is 24.3 Å². The first-order valence-electron chi connectivity index (χ1n) is 12.8. The number of hydrogen-bond acceptors (Lipinski definition) is 8. The van der Waals surface area contributed by atoms with Crippen LogP contribution in [0.5, 0.6) is 40.5 Å². The lowest BCUT2D eigenvalue weighted by Gasteiger charge is -2.16. The second-order valence-electron chi connectivity index (χ2n) is 9.28. The van der Waals surface area contributed by atoms with Crippen molar-refractivity contribution >= 4 is 17.8 Å². The summed E-state index contributed by atoms with van der Waals surface area (Å²) in [5, 5.41) is 18.0. The van der Waals surface area contributed by atoms with Crippen LogP contribution in [0.25, 0.3) is 17.5 Å². The molecule has 0 unspecified atom stereocenters. The first kappa shape index (κ1) is 29.3. The quantitative estimate of drug-likeness (QED) is 0.0910. The number of aromatic nitrogens is 3. The molecule has 0 saturated carbocycles. The first-order chi connectivity index (χ1) is 21.1. The van der Waals surface area contributed by atoms with E-state index in [1.54, 1.807) is 48.3 Å². The second kappa shape index (κ2) is 12.3. The monoisotopic (exact) mass is 598 g/mol. The van der Waals surface area contributed by atoms with Crippen molar-refractivity contribution in [3.63, 3.8) is 0 Å². The molecule has 6 N–H and O–H groups in total. The van der Waals surface area contributed by atoms with Crippen molar-refractivity contribution in [1.82, 2.24) is 14.5 Å². The Morgan fingerprint density at radius 3 is 2.34 bits per heavy atom. The van der Waals surface area contributed by atoms with Gasteiger partial charge in [-0.15, -0.1) is 0 Å². The number of primary amides is 1. The number of nitrogens with two attached hydrogens (primary N) is 2. The molecular weight excluding hydrogens is 574 g/mol. The fraction of sp³-hybridized carbons (Fsp3) is 0.0323. The number of rotatable bonds is 10. The predicted molar refractivity (Wildman–Crippen MR) is 157 cm³/mol. The number of halogens is 2. The lowest BCUT2D eigenvalue weighted by molar-refractivity contribution is -0.113. The predicted octanol–water partition coefficient (Wildman–Crippen LogP) is 5.63. The van der Waals surface area contributed by atoms with Crippen molar-refractivity contribution in [2.75, 3.05) is 0 Å². The zero-order valence-electron chi connectivity index (χ0n) is 23.0. The van der Waals surface area contributed by atoms with Crippen LogP contribution in [0, 0.1) is 17.0 Å². The molecule has 2 aromatic heterocycles. The van der Waals surface area contributed by atoms with Crippen LogP contribution in [0.1, 0.15) is 11.1 Å².